The minimum Gasteiger partial charge on any atom is -0.493 e. The van der Waals surface area contributed by atoms with E-state index in [1.165, 1.54) is 5.56 Å². The summed E-state index contributed by atoms with van der Waals surface area (Å²) < 4.78 is 17.1. The number of β-lactam (4-membered cyclic amide) rings is 1. The lowest BCUT2D eigenvalue weighted by Crippen LogP contribution is -2.61. The van der Waals surface area contributed by atoms with Crippen molar-refractivity contribution >= 4 is 23.2 Å². The van der Waals surface area contributed by atoms with E-state index in [0.29, 0.717) is 22.3 Å². The third-order valence-corrected chi connectivity index (χ3v) is 6.19. The first kappa shape index (κ1) is 22.0. The summed E-state index contributed by atoms with van der Waals surface area (Å²) in [7, 11) is 3.20. The lowest BCUT2D eigenvalue weighted by molar-refractivity contribution is -0.135. The number of halogens is 1. The Labute approximate surface area is 193 Å². The Hall–Kier alpha value is -3.18. The molecule has 0 aliphatic carbocycles. The highest BCUT2D eigenvalue weighted by atomic mass is 35.5. The van der Waals surface area contributed by atoms with Gasteiger partial charge in [0.05, 0.1) is 14.2 Å². The van der Waals surface area contributed by atoms with Crippen LogP contribution in [0.3, 0.4) is 0 Å². The zero-order valence-electron chi connectivity index (χ0n) is 18.8. The number of anilines is 1. The maximum atomic E-state index is 13.3. The Kier molecular flexibility index (Phi) is 6.02. The van der Waals surface area contributed by atoms with Gasteiger partial charge in [0.25, 0.3) is 5.91 Å². The smallest absolute Gasteiger partial charge is 0.271 e. The minimum absolute atomic E-state index is 0.0950. The summed E-state index contributed by atoms with van der Waals surface area (Å²) in [4.78, 5) is 15.1. The molecular weight excluding hydrogens is 426 g/mol. The molecule has 0 saturated carbocycles. The summed E-state index contributed by atoms with van der Waals surface area (Å²) in [5, 5.41) is 0.628. The van der Waals surface area contributed by atoms with Gasteiger partial charge in [-0.3, -0.25) is 9.69 Å². The average Bonchev–Trinajstić information content (AvgIpc) is 2.78. The number of amides is 1. The summed E-state index contributed by atoms with van der Waals surface area (Å²) in [6.45, 7) is 6.01. The number of methoxy groups -OCH3 is 2. The molecule has 32 heavy (non-hydrogen) atoms. The predicted octanol–water partition coefficient (Wildman–Crippen LogP) is 5.82. The van der Waals surface area contributed by atoms with Crippen molar-refractivity contribution in [3.8, 4) is 17.2 Å². The molecule has 1 aliphatic rings. The number of aryl methyl sites for hydroxylation is 3. The number of carbonyl (C=O) groups is 1. The Morgan fingerprint density at radius 2 is 1.50 bits per heavy atom. The molecule has 1 amide bonds. The molecule has 2 atom stereocenters. The molecular formula is C26H26ClNO4. The molecule has 4 rings (SSSR count). The number of hydrogen-bond donors (Lipinski definition) is 0. The monoisotopic (exact) mass is 451 g/mol. The summed E-state index contributed by atoms with van der Waals surface area (Å²) in [5.74, 6) is 1.77. The summed E-state index contributed by atoms with van der Waals surface area (Å²) >= 11 is 6.09. The van der Waals surface area contributed by atoms with Crippen LogP contribution < -0.4 is 19.1 Å². The van der Waals surface area contributed by atoms with Crippen LogP contribution in [0.25, 0.3) is 0 Å². The molecule has 0 aromatic heterocycles. The fraction of sp³-hybridized carbons (Fsp3) is 0.269. The van der Waals surface area contributed by atoms with Crippen LogP contribution in [0, 0.1) is 20.8 Å². The van der Waals surface area contributed by atoms with Crippen molar-refractivity contribution in [2.45, 2.75) is 32.9 Å². The van der Waals surface area contributed by atoms with E-state index >= 15 is 0 Å². The van der Waals surface area contributed by atoms with Crippen LogP contribution in [0.1, 0.15) is 28.3 Å². The molecule has 0 radical (unpaired) electrons. The lowest BCUT2D eigenvalue weighted by Gasteiger charge is -2.47. The van der Waals surface area contributed by atoms with Gasteiger partial charge in [0.2, 0.25) is 6.10 Å². The van der Waals surface area contributed by atoms with Crippen molar-refractivity contribution in [3.05, 3.63) is 81.9 Å². The first-order chi connectivity index (χ1) is 15.3. The van der Waals surface area contributed by atoms with E-state index in [1.54, 1.807) is 31.3 Å². The van der Waals surface area contributed by atoms with Gasteiger partial charge in [0, 0.05) is 10.7 Å². The van der Waals surface area contributed by atoms with Crippen molar-refractivity contribution in [3.63, 3.8) is 0 Å². The van der Waals surface area contributed by atoms with Crippen LogP contribution in [0.5, 0.6) is 17.2 Å². The highest BCUT2D eigenvalue weighted by molar-refractivity contribution is 6.30. The van der Waals surface area contributed by atoms with Crippen molar-refractivity contribution < 1.29 is 19.0 Å². The molecule has 5 nitrogen and oxygen atoms in total. The second kappa shape index (κ2) is 8.75. The topological polar surface area (TPSA) is 48.0 Å². The van der Waals surface area contributed by atoms with Crippen molar-refractivity contribution in [2.75, 3.05) is 19.1 Å². The second-order valence-corrected chi connectivity index (χ2v) is 8.42. The third kappa shape index (κ3) is 3.89. The Morgan fingerprint density at radius 1 is 0.781 bits per heavy atom. The van der Waals surface area contributed by atoms with E-state index in [-0.39, 0.29) is 11.9 Å². The Balaban J connectivity index is 1.76. The molecule has 166 valence electrons. The van der Waals surface area contributed by atoms with Crippen LogP contribution in [0.15, 0.2) is 54.6 Å². The van der Waals surface area contributed by atoms with E-state index in [0.717, 1.165) is 22.4 Å². The van der Waals surface area contributed by atoms with E-state index in [4.69, 9.17) is 25.8 Å². The Morgan fingerprint density at radius 3 is 2.16 bits per heavy atom. The standard InChI is InChI=1S/C26H26ClNO4/c1-15-6-9-20(13-16(15)2)28-24(18-7-10-22(30-4)23(14-18)31-5)25(26(28)29)32-21-11-8-19(27)12-17(21)3/h6-14,24-25H,1-5H3. The van der Waals surface area contributed by atoms with Crippen molar-refractivity contribution in [1.29, 1.82) is 0 Å². The Bertz CT molecular complexity index is 1180. The second-order valence-electron chi connectivity index (χ2n) is 7.98. The van der Waals surface area contributed by atoms with Gasteiger partial charge in [0.15, 0.2) is 11.5 Å². The van der Waals surface area contributed by atoms with Gasteiger partial charge in [-0.05, 0) is 85.5 Å². The number of carbonyl (C=O) groups excluding carboxylic acids is 1. The van der Waals surface area contributed by atoms with Crippen LogP contribution in [0.4, 0.5) is 5.69 Å². The van der Waals surface area contributed by atoms with Crippen LogP contribution in [-0.2, 0) is 4.79 Å². The van der Waals surface area contributed by atoms with Gasteiger partial charge in [-0.1, -0.05) is 23.7 Å². The molecule has 3 aromatic rings. The van der Waals surface area contributed by atoms with E-state index < -0.39 is 6.10 Å². The quantitative estimate of drug-likeness (QED) is 0.443. The molecule has 0 bridgehead atoms. The highest BCUT2D eigenvalue weighted by Crippen LogP contribution is 2.44. The molecule has 0 N–H and O–H groups in total. The predicted molar refractivity (Wildman–Crippen MR) is 126 cm³/mol. The average molecular weight is 452 g/mol. The zero-order chi connectivity index (χ0) is 23.0. The van der Waals surface area contributed by atoms with Gasteiger partial charge in [-0.2, -0.15) is 0 Å². The maximum absolute atomic E-state index is 13.3. The van der Waals surface area contributed by atoms with Gasteiger partial charge in [-0.25, -0.2) is 0 Å². The van der Waals surface area contributed by atoms with Crippen molar-refractivity contribution in [1.82, 2.24) is 0 Å². The maximum Gasteiger partial charge on any atom is 0.271 e. The van der Waals surface area contributed by atoms with E-state index in [9.17, 15) is 4.79 Å². The number of rotatable bonds is 6. The summed E-state index contributed by atoms with van der Waals surface area (Å²) in [6, 6.07) is 16.8. The van der Waals surface area contributed by atoms with Crippen LogP contribution in [0.2, 0.25) is 5.02 Å². The highest BCUT2D eigenvalue weighted by Gasteiger charge is 2.51. The number of hydrogen-bond acceptors (Lipinski definition) is 4. The van der Waals surface area contributed by atoms with Gasteiger partial charge < -0.3 is 14.2 Å². The van der Waals surface area contributed by atoms with Gasteiger partial charge >= 0.3 is 0 Å². The lowest BCUT2D eigenvalue weighted by atomic mass is 9.89. The van der Waals surface area contributed by atoms with Gasteiger partial charge in [-0.15, -0.1) is 0 Å². The van der Waals surface area contributed by atoms with E-state index in [2.05, 4.69) is 6.92 Å². The summed E-state index contributed by atoms with van der Waals surface area (Å²) in [5.41, 5.74) is 4.91. The SMILES string of the molecule is COc1ccc(C2C(Oc3ccc(Cl)cc3C)C(=O)N2c2ccc(C)c(C)c2)cc1OC. The normalized spacial score (nSPS) is 17.7. The number of ether oxygens (including phenoxy) is 3. The molecule has 1 fully saturated rings. The molecule has 1 saturated heterocycles. The fourth-order valence-corrected chi connectivity index (χ4v) is 4.21. The molecule has 3 aromatic carbocycles. The van der Waals surface area contributed by atoms with Crippen molar-refractivity contribution in [2.24, 2.45) is 0 Å². The minimum atomic E-state index is -0.672. The molecule has 1 heterocycles. The number of nitrogens with zero attached hydrogens (tertiary/aromatic N) is 1. The van der Waals surface area contributed by atoms with E-state index in [1.807, 2.05) is 56.3 Å². The third-order valence-electron chi connectivity index (χ3n) is 5.95. The first-order valence-corrected chi connectivity index (χ1v) is 10.8. The van der Waals surface area contributed by atoms with Gasteiger partial charge in [0.1, 0.15) is 11.8 Å². The van der Waals surface area contributed by atoms with Crippen LogP contribution in [-0.4, -0.2) is 26.2 Å². The number of benzene rings is 3. The first-order valence-electron chi connectivity index (χ1n) is 10.4. The molecule has 0 spiro atoms. The molecule has 6 heteroatoms. The fourth-order valence-electron chi connectivity index (χ4n) is 3.98. The largest absolute Gasteiger partial charge is 0.493 e. The zero-order valence-corrected chi connectivity index (χ0v) is 19.6. The van der Waals surface area contributed by atoms with Crippen LogP contribution >= 0.6 is 11.6 Å². The summed E-state index contributed by atoms with van der Waals surface area (Å²) in [6.07, 6.45) is -0.672. The molecule has 2 unspecified atom stereocenters. The molecule has 1 aliphatic heterocycles.